The molecule has 0 aliphatic carbocycles. The third kappa shape index (κ3) is 5.60. The van der Waals surface area contributed by atoms with E-state index in [0.717, 1.165) is 22.9 Å². The van der Waals surface area contributed by atoms with Crippen LogP contribution in [0.2, 0.25) is 0 Å². The van der Waals surface area contributed by atoms with E-state index < -0.39 is 12.1 Å². The first-order valence-electron chi connectivity index (χ1n) is 10.5. The quantitative estimate of drug-likeness (QED) is 0.388. The molecule has 4 amide bonds. The van der Waals surface area contributed by atoms with Crippen molar-refractivity contribution < 1.29 is 19.1 Å². The number of H-pyrrole nitrogens is 1. The number of hydrogen-bond donors (Lipinski definition) is 3. The lowest BCUT2D eigenvalue weighted by Gasteiger charge is -2.13. The molecule has 3 rings (SSSR count). The maximum absolute atomic E-state index is 12.6. The fourth-order valence-electron chi connectivity index (χ4n) is 3.54. The number of urea groups is 1. The predicted octanol–water partition coefficient (Wildman–Crippen LogP) is 2.34. The van der Waals surface area contributed by atoms with Crippen LogP contribution in [0.5, 0.6) is 0 Å². The summed E-state index contributed by atoms with van der Waals surface area (Å²) in [5.41, 5.74) is 2.10. The number of nitrogens with zero attached hydrogens (tertiary/aromatic N) is 1. The molecule has 1 aliphatic heterocycles. The molecule has 1 saturated heterocycles. The van der Waals surface area contributed by atoms with Crippen molar-refractivity contribution in [1.82, 2.24) is 20.5 Å². The van der Waals surface area contributed by atoms with Crippen molar-refractivity contribution in [3.05, 3.63) is 36.0 Å². The molecule has 2 heterocycles. The highest BCUT2D eigenvalue weighted by molar-refractivity contribution is 6.04. The predicted molar refractivity (Wildman–Crippen MR) is 114 cm³/mol. The number of fused-ring (bicyclic) bond motifs is 1. The molecule has 162 valence electrons. The Hall–Kier alpha value is -2.87. The number of carbonyl (C=O) groups excluding carboxylic acids is 3. The zero-order valence-electron chi connectivity index (χ0n) is 17.6. The highest BCUT2D eigenvalue weighted by Gasteiger charge is 2.37. The number of nitrogens with one attached hydrogen (secondary N) is 3. The summed E-state index contributed by atoms with van der Waals surface area (Å²) in [6.45, 7) is 5.38. The lowest BCUT2D eigenvalue weighted by molar-refractivity contribution is -0.127. The zero-order valence-corrected chi connectivity index (χ0v) is 17.6. The largest absolute Gasteiger partial charge is 0.379 e. The number of aromatic amines is 1. The van der Waals surface area contributed by atoms with E-state index in [1.165, 1.54) is 4.90 Å². The molecule has 1 fully saturated rings. The summed E-state index contributed by atoms with van der Waals surface area (Å²) in [4.78, 5) is 41.3. The van der Waals surface area contributed by atoms with Gasteiger partial charge in [-0.2, -0.15) is 0 Å². The van der Waals surface area contributed by atoms with Crippen LogP contribution in [0.15, 0.2) is 30.5 Å². The Morgan fingerprint density at radius 2 is 2.07 bits per heavy atom. The minimum absolute atomic E-state index is 0.126. The Bertz CT molecular complexity index is 892. The van der Waals surface area contributed by atoms with Gasteiger partial charge in [0.1, 0.15) is 6.04 Å². The molecule has 0 saturated carbocycles. The highest BCUT2D eigenvalue weighted by Crippen LogP contribution is 2.19. The van der Waals surface area contributed by atoms with Gasteiger partial charge in [-0.1, -0.05) is 18.2 Å². The summed E-state index contributed by atoms with van der Waals surface area (Å²) in [5.74, 6) is -0.392. The SMILES string of the molecule is CC(C)OCCCNC(=O)CCC1NC(=O)N(CCc2c[nH]c3ccccc23)C1=O. The van der Waals surface area contributed by atoms with E-state index >= 15 is 0 Å². The van der Waals surface area contributed by atoms with Crippen LogP contribution in [-0.2, 0) is 20.7 Å². The summed E-state index contributed by atoms with van der Waals surface area (Å²) in [6.07, 6.45) is 3.90. The van der Waals surface area contributed by atoms with Crippen LogP contribution in [0.3, 0.4) is 0 Å². The second-order valence-electron chi connectivity index (χ2n) is 7.76. The smallest absolute Gasteiger partial charge is 0.324 e. The Balaban J connectivity index is 1.41. The Morgan fingerprint density at radius 1 is 1.27 bits per heavy atom. The maximum atomic E-state index is 12.6. The van der Waals surface area contributed by atoms with Crippen LogP contribution in [-0.4, -0.2) is 59.6 Å². The van der Waals surface area contributed by atoms with Crippen LogP contribution < -0.4 is 10.6 Å². The first-order valence-corrected chi connectivity index (χ1v) is 10.5. The van der Waals surface area contributed by atoms with Crippen molar-refractivity contribution in [2.75, 3.05) is 19.7 Å². The van der Waals surface area contributed by atoms with Gasteiger partial charge in [-0.15, -0.1) is 0 Å². The number of hydrogen-bond acceptors (Lipinski definition) is 4. The van der Waals surface area contributed by atoms with Crippen LogP contribution in [0.4, 0.5) is 4.79 Å². The van der Waals surface area contributed by atoms with Crippen LogP contribution in [0.25, 0.3) is 10.9 Å². The number of aromatic nitrogens is 1. The monoisotopic (exact) mass is 414 g/mol. The molecule has 30 heavy (non-hydrogen) atoms. The standard InChI is InChI=1S/C22H30N4O4/c1-15(2)30-13-5-11-23-20(27)9-8-19-21(28)26(22(29)25-19)12-10-16-14-24-18-7-4-3-6-17(16)18/h3-4,6-7,14-15,19,24H,5,8-13H2,1-2H3,(H,23,27)(H,25,29). The molecule has 0 radical (unpaired) electrons. The van der Waals surface area contributed by atoms with E-state index in [1.54, 1.807) is 0 Å². The molecule has 8 nitrogen and oxygen atoms in total. The molecule has 1 atom stereocenters. The molecule has 2 aromatic rings. The summed E-state index contributed by atoms with van der Waals surface area (Å²) >= 11 is 0. The molecule has 0 bridgehead atoms. The van der Waals surface area contributed by atoms with Crippen LogP contribution >= 0.6 is 0 Å². The average molecular weight is 415 g/mol. The van der Waals surface area contributed by atoms with Gasteiger partial charge in [0.25, 0.3) is 5.91 Å². The van der Waals surface area contributed by atoms with Crippen molar-refractivity contribution in [1.29, 1.82) is 0 Å². The Labute approximate surface area is 176 Å². The summed E-state index contributed by atoms with van der Waals surface area (Å²) in [6, 6.07) is 6.90. The van der Waals surface area contributed by atoms with E-state index in [0.29, 0.717) is 32.5 Å². The third-order valence-electron chi connectivity index (χ3n) is 5.14. The van der Waals surface area contributed by atoms with Crippen molar-refractivity contribution in [2.24, 2.45) is 0 Å². The van der Waals surface area contributed by atoms with E-state index in [4.69, 9.17) is 4.74 Å². The van der Waals surface area contributed by atoms with Gasteiger partial charge in [-0.05, 0) is 44.7 Å². The molecule has 1 aromatic carbocycles. The van der Waals surface area contributed by atoms with E-state index in [9.17, 15) is 14.4 Å². The molecule has 1 unspecified atom stereocenters. The van der Waals surface area contributed by atoms with Gasteiger partial charge in [0.15, 0.2) is 0 Å². The zero-order chi connectivity index (χ0) is 21.5. The second-order valence-corrected chi connectivity index (χ2v) is 7.76. The van der Waals surface area contributed by atoms with Gasteiger partial charge in [-0.3, -0.25) is 14.5 Å². The average Bonchev–Trinajstić information content (AvgIpc) is 3.25. The number of para-hydroxylation sites is 1. The summed E-state index contributed by atoms with van der Waals surface area (Å²) in [7, 11) is 0. The topological polar surface area (TPSA) is 104 Å². The van der Waals surface area contributed by atoms with Gasteiger partial charge >= 0.3 is 6.03 Å². The number of rotatable bonds is 11. The second kappa shape index (κ2) is 10.2. The van der Waals surface area contributed by atoms with E-state index in [-0.39, 0.29) is 24.3 Å². The minimum atomic E-state index is -0.643. The normalized spacial score (nSPS) is 16.5. The van der Waals surface area contributed by atoms with Gasteiger partial charge in [0.2, 0.25) is 5.91 Å². The first-order chi connectivity index (χ1) is 14.5. The molecular weight excluding hydrogens is 384 g/mol. The van der Waals surface area contributed by atoms with E-state index in [2.05, 4.69) is 15.6 Å². The Morgan fingerprint density at radius 3 is 2.87 bits per heavy atom. The van der Waals surface area contributed by atoms with Crippen molar-refractivity contribution in [3.8, 4) is 0 Å². The Kier molecular flexibility index (Phi) is 7.46. The first kappa shape index (κ1) is 21.8. The number of benzene rings is 1. The molecular formula is C22H30N4O4. The number of carbonyl (C=O) groups is 3. The fraction of sp³-hybridized carbons (Fsp3) is 0.500. The number of imide groups is 1. The van der Waals surface area contributed by atoms with E-state index in [1.807, 2.05) is 44.3 Å². The van der Waals surface area contributed by atoms with Gasteiger partial charge in [0.05, 0.1) is 6.10 Å². The van der Waals surface area contributed by atoms with Gasteiger partial charge in [0, 0.05) is 43.2 Å². The molecule has 3 N–H and O–H groups in total. The summed E-state index contributed by atoms with van der Waals surface area (Å²) in [5, 5.41) is 6.61. The third-order valence-corrected chi connectivity index (χ3v) is 5.14. The molecule has 1 aliphatic rings. The van der Waals surface area contributed by atoms with Gasteiger partial charge < -0.3 is 20.4 Å². The van der Waals surface area contributed by atoms with Crippen LogP contribution in [0.1, 0.15) is 38.7 Å². The molecule has 1 aromatic heterocycles. The lowest BCUT2D eigenvalue weighted by Crippen LogP contribution is -2.34. The maximum Gasteiger partial charge on any atom is 0.324 e. The van der Waals surface area contributed by atoms with Crippen molar-refractivity contribution in [2.45, 2.75) is 51.7 Å². The van der Waals surface area contributed by atoms with Crippen LogP contribution in [0, 0.1) is 0 Å². The molecule has 0 spiro atoms. The minimum Gasteiger partial charge on any atom is -0.379 e. The number of amides is 4. The van der Waals surface area contributed by atoms with Crippen molar-refractivity contribution in [3.63, 3.8) is 0 Å². The fourth-order valence-corrected chi connectivity index (χ4v) is 3.54. The van der Waals surface area contributed by atoms with Gasteiger partial charge in [-0.25, -0.2) is 4.79 Å². The molecule has 8 heteroatoms. The lowest BCUT2D eigenvalue weighted by atomic mass is 10.1. The van der Waals surface area contributed by atoms with Crippen molar-refractivity contribution >= 4 is 28.7 Å². The summed E-state index contributed by atoms with van der Waals surface area (Å²) < 4.78 is 5.43. The number of ether oxygens (including phenoxy) is 1. The highest BCUT2D eigenvalue weighted by atomic mass is 16.5.